The minimum absolute atomic E-state index is 0.00629. The first-order valence-electron chi connectivity index (χ1n) is 10.1. The highest BCUT2D eigenvalue weighted by Crippen LogP contribution is 2.39. The number of sulfonamides is 1. The molecule has 2 aliphatic heterocycles. The molecule has 3 aliphatic rings. The van der Waals surface area contributed by atoms with Crippen molar-refractivity contribution in [3.05, 3.63) is 71.7 Å². The van der Waals surface area contributed by atoms with Crippen molar-refractivity contribution in [1.82, 2.24) is 0 Å². The van der Waals surface area contributed by atoms with Gasteiger partial charge in [0.25, 0.3) is 0 Å². The molecule has 8 heteroatoms. The second-order valence-electron chi connectivity index (χ2n) is 8.10. The maximum absolute atomic E-state index is 13.4. The fraction of sp³-hybridized carbons (Fsp3) is 0.304. The molecule has 1 fully saturated rings. The maximum Gasteiger partial charge on any atom is 0.238 e. The predicted octanol–water partition coefficient (Wildman–Crippen LogP) is 3.72. The van der Waals surface area contributed by atoms with E-state index >= 15 is 0 Å². The van der Waals surface area contributed by atoms with E-state index in [1.165, 1.54) is 18.2 Å². The number of nitrogens with two attached hydrogens (primary N) is 1. The van der Waals surface area contributed by atoms with E-state index in [0.717, 1.165) is 16.7 Å². The van der Waals surface area contributed by atoms with Crippen LogP contribution >= 0.6 is 0 Å². The van der Waals surface area contributed by atoms with E-state index in [4.69, 9.17) is 5.14 Å². The number of benzene rings is 1. The molecule has 0 spiro atoms. The molecule has 1 atom stereocenters. The molecular weight excluding hydrogens is 417 g/mol. The molecule has 0 aromatic heterocycles. The van der Waals surface area contributed by atoms with E-state index in [1.54, 1.807) is 11.0 Å². The zero-order chi connectivity index (χ0) is 22.3. The quantitative estimate of drug-likeness (QED) is 0.722. The molecule has 4 rings (SSSR count). The zero-order valence-corrected chi connectivity index (χ0v) is 17.9. The van der Waals surface area contributed by atoms with Crippen LogP contribution in [0.3, 0.4) is 0 Å². The summed E-state index contributed by atoms with van der Waals surface area (Å²) in [5, 5.41) is 5.25. The van der Waals surface area contributed by atoms with Crippen LogP contribution in [0.2, 0.25) is 0 Å². The van der Waals surface area contributed by atoms with Crippen LogP contribution in [0.1, 0.15) is 31.2 Å². The fourth-order valence-electron chi connectivity index (χ4n) is 4.32. The Labute approximate surface area is 181 Å². The molecular formula is C23H24FN3O3S. The zero-order valence-electron chi connectivity index (χ0n) is 17.1. The molecule has 1 aromatic carbocycles. The summed E-state index contributed by atoms with van der Waals surface area (Å²) in [6, 6.07) is 4.66. The van der Waals surface area contributed by atoms with Crippen LogP contribution in [0.25, 0.3) is 0 Å². The van der Waals surface area contributed by atoms with Gasteiger partial charge in [0.1, 0.15) is 0 Å². The Balaban J connectivity index is 1.53. The summed E-state index contributed by atoms with van der Waals surface area (Å²) in [6.45, 7) is 8.61. The number of anilines is 1. The summed E-state index contributed by atoms with van der Waals surface area (Å²) in [5.41, 5.74) is 4.54. The monoisotopic (exact) mass is 441 g/mol. The average Bonchev–Trinajstić information content (AvgIpc) is 3.30. The lowest BCUT2D eigenvalue weighted by Gasteiger charge is -2.21. The molecule has 162 valence electrons. The van der Waals surface area contributed by atoms with E-state index < -0.39 is 16.0 Å². The first-order chi connectivity index (χ1) is 14.6. The number of hydrogen-bond donors (Lipinski definition) is 1. The van der Waals surface area contributed by atoms with Gasteiger partial charge in [-0.3, -0.25) is 4.79 Å². The van der Waals surface area contributed by atoms with E-state index in [1.807, 2.05) is 6.08 Å². The number of amides is 1. The number of nitrogens with zero attached hydrogens (tertiary/aromatic N) is 2. The number of rotatable bonds is 4. The Kier molecular flexibility index (Phi) is 5.53. The molecule has 1 amide bonds. The molecule has 0 unspecified atom stereocenters. The first kappa shape index (κ1) is 21.4. The van der Waals surface area contributed by atoms with Gasteiger partial charge in [-0.05, 0) is 67.0 Å². The van der Waals surface area contributed by atoms with Crippen LogP contribution in [0.5, 0.6) is 0 Å². The van der Waals surface area contributed by atoms with Crippen molar-refractivity contribution < 1.29 is 17.6 Å². The van der Waals surface area contributed by atoms with Crippen LogP contribution in [-0.2, 0) is 21.2 Å². The van der Waals surface area contributed by atoms with Crippen molar-refractivity contribution in [3.63, 3.8) is 0 Å². The largest absolute Gasteiger partial charge is 0.312 e. The number of fused-ring (bicyclic) bond motifs is 1. The number of carbonyl (C=O) groups excluding carboxylic acids is 1. The van der Waals surface area contributed by atoms with Gasteiger partial charge in [0, 0.05) is 18.2 Å². The summed E-state index contributed by atoms with van der Waals surface area (Å²) in [4.78, 5) is 18.8. The predicted molar refractivity (Wildman–Crippen MR) is 119 cm³/mol. The number of hydrogen-bond acceptors (Lipinski definition) is 4. The third-order valence-electron chi connectivity index (χ3n) is 5.96. The number of halogens is 1. The van der Waals surface area contributed by atoms with Crippen LogP contribution in [0.4, 0.5) is 10.1 Å². The Morgan fingerprint density at radius 2 is 2.06 bits per heavy atom. The highest BCUT2D eigenvalue weighted by molar-refractivity contribution is 7.89. The summed E-state index contributed by atoms with van der Waals surface area (Å²) >= 11 is 0. The average molecular weight is 442 g/mol. The van der Waals surface area contributed by atoms with Crippen molar-refractivity contribution in [2.24, 2.45) is 16.0 Å². The molecule has 0 bridgehead atoms. The van der Waals surface area contributed by atoms with Crippen molar-refractivity contribution in [2.45, 2.75) is 37.0 Å². The van der Waals surface area contributed by atoms with Crippen molar-refractivity contribution in [2.75, 3.05) is 11.4 Å². The SMILES string of the molecule is C=C(/C=C1/C[C@H](C(=O)N2CCc3ccc(S(N)(=O)=O)cc32)CC1=C)C1=NC(F)=CCC1. The highest BCUT2D eigenvalue weighted by Gasteiger charge is 2.35. The topological polar surface area (TPSA) is 92.8 Å². The molecule has 0 saturated heterocycles. The van der Waals surface area contributed by atoms with Crippen LogP contribution in [0, 0.1) is 5.92 Å². The minimum atomic E-state index is -3.85. The lowest BCUT2D eigenvalue weighted by atomic mass is 10.0. The van der Waals surface area contributed by atoms with Gasteiger partial charge < -0.3 is 4.90 Å². The smallest absolute Gasteiger partial charge is 0.238 e. The van der Waals surface area contributed by atoms with Gasteiger partial charge in [0.2, 0.25) is 21.9 Å². The first-order valence-corrected chi connectivity index (χ1v) is 11.7. The van der Waals surface area contributed by atoms with E-state index in [0.29, 0.717) is 55.6 Å². The second-order valence-corrected chi connectivity index (χ2v) is 9.66. The normalized spacial score (nSPS) is 22.4. The third-order valence-corrected chi connectivity index (χ3v) is 6.88. The molecule has 2 heterocycles. The molecule has 6 nitrogen and oxygen atoms in total. The minimum Gasteiger partial charge on any atom is -0.312 e. The van der Waals surface area contributed by atoms with Crippen molar-refractivity contribution in [1.29, 1.82) is 0 Å². The van der Waals surface area contributed by atoms with Gasteiger partial charge in [-0.1, -0.05) is 30.9 Å². The number of carbonyl (C=O) groups is 1. The summed E-state index contributed by atoms with van der Waals surface area (Å²) < 4.78 is 36.9. The Bertz CT molecular complexity index is 1190. The van der Waals surface area contributed by atoms with Gasteiger partial charge >= 0.3 is 0 Å². The van der Waals surface area contributed by atoms with Gasteiger partial charge in [0.05, 0.1) is 10.6 Å². The fourth-order valence-corrected chi connectivity index (χ4v) is 4.85. The van der Waals surface area contributed by atoms with E-state index in [-0.39, 0.29) is 16.7 Å². The van der Waals surface area contributed by atoms with Crippen LogP contribution in [0.15, 0.2) is 76.1 Å². The third kappa shape index (κ3) is 4.31. The lowest BCUT2D eigenvalue weighted by Crippen LogP contribution is -2.34. The van der Waals surface area contributed by atoms with Gasteiger partial charge in [-0.2, -0.15) is 4.39 Å². The number of primary sulfonamides is 1. The standard InChI is InChI=1S/C23H24FN3O3S/c1-14-10-18(12-17(14)11-15(2)20-4-3-5-22(24)26-20)23(28)27-9-8-16-6-7-19(13-21(16)27)31(25,29)30/h5-7,11,13,18H,1-4,8-10,12H2,(H2,25,29,30)/b17-11-/t18-/m1/s1. The molecule has 1 aliphatic carbocycles. The maximum atomic E-state index is 13.4. The van der Waals surface area contributed by atoms with E-state index in [9.17, 15) is 17.6 Å². The molecule has 0 radical (unpaired) electrons. The Morgan fingerprint density at radius 1 is 1.29 bits per heavy atom. The van der Waals surface area contributed by atoms with Crippen molar-refractivity contribution >= 4 is 27.3 Å². The Morgan fingerprint density at radius 3 is 2.77 bits per heavy atom. The van der Waals surface area contributed by atoms with Crippen LogP contribution < -0.4 is 10.0 Å². The van der Waals surface area contributed by atoms with Gasteiger partial charge in [0.15, 0.2) is 0 Å². The molecule has 2 N–H and O–H groups in total. The molecule has 31 heavy (non-hydrogen) atoms. The summed E-state index contributed by atoms with van der Waals surface area (Å²) in [7, 11) is -3.85. The number of aliphatic imine (C=N–C) groups is 1. The summed E-state index contributed by atoms with van der Waals surface area (Å²) in [6.07, 6.45) is 6.19. The lowest BCUT2D eigenvalue weighted by molar-refractivity contribution is -0.121. The van der Waals surface area contributed by atoms with Gasteiger partial charge in [-0.15, -0.1) is 0 Å². The molecule has 1 saturated carbocycles. The Hall–Kier alpha value is -2.84. The summed E-state index contributed by atoms with van der Waals surface area (Å²) in [5.74, 6) is -0.851. The van der Waals surface area contributed by atoms with E-state index in [2.05, 4.69) is 18.2 Å². The number of allylic oxidation sites excluding steroid dienone is 5. The van der Waals surface area contributed by atoms with Crippen molar-refractivity contribution in [3.8, 4) is 0 Å². The second kappa shape index (κ2) is 8.01. The molecule has 1 aromatic rings. The highest BCUT2D eigenvalue weighted by atomic mass is 32.2. The van der Waals surface area contributed by atoms with Crippen LogP contribution in [-0.4, -0.2) is 26.6 Å². The van der Waals surface area contributed by atoms with Gasteiger partial charge in [-0.25, -0.2) is 18.5 Å².